The van der Waals surface area contributed by atoms with E-state index in [2.05, 4.69) is 134 Å². The Morgan fingerprint density at radius 3 is 1.62 bits per heavy atom. The first-order valence-electron chi connectivity index (χ1n) is 10.2. The second-order valence-corrected chi connectivity index (χ2v) is 8.45. The van der Waals surface area contributed by atoms with Crippen molar-refractivity contribution in [3.05, 3.63) is 114 Å². The lowest BCUT2D eigenvalue weighted by Gasteiger charge is -2.29. The van der Waals surface area contributed by atoms with Crippen LogP contribution in [0.2, 0.25) is 0 Å². The molecule has 0 aliphatic carbocycles. The minimum absolute atomic E-state index is 0.0580. The zero-order valence-corrected chi connectivity index (χ0v) is 17.3. The third-order valence-corrected chi connectivity index (χ3v) is 5.00. The Balaban J connectivity index is 1.92. The second kappa shape index (κ2) is 8.00. The van der Waals surface area contributed by atoms with E-state index in [1.807, 2.05) is 0 Å². The van der Waals surface area contributed by atoms with Gasteiger partial charge in [0.25, 0.3) is 0 Å². The van der Waals surface area contributed by atoms with Crippen molar-refractivity contribution in [1.82, 2.24) is 4.57 Å². The van der Waals surface area contributed by atoms with Crippen LogP contribution in [0, 0.1) is 0 Å². The van der Waals surface area contributed by atoms with Crippen LogP contribution in [-0.4, -0.2) is 10.1 Å². The molecule has 2 nitrogen and oxygen atoms in total. The molecule has 146 valence electrons. The molecule has 0 radical (unpaired) electrons. The van der Waals surface area contributed by atoms with E-state index >= 15 is 0 Å². The quantitative estimate of drug-likeness (QED) is 0.394. The molecule has 29 heavy (non-hydrogen) atoms. The number of benzene rings is 3. The van der Waals surface area contributed by atoms with E-state index in [1.165, 1.54) is 22.3 Å². The van der Waals surface area contributed by atoms with E-state index in [4.69, 9.17) is 0 Å². The molecule has 0 bridgehead atoms. The first-order valence-corrected chi connectivity index (χ1v) is 10.2. The highest BCUT2D eigenvalue weighted by Crippen LogP contribution is 2.37. The fourth-order valence-electron chi connectivity index (χ4n) is 3.78. The fraction of sp³-hybridized carbons (Fsp3) is 0.185. The summed E-state index contributed by atoms with van der Waals surface area (Å²) in [6.45, 7) is 6.62. The Labute approximate surface area is 173 Å². The SMILES string of the molecule is CC(C)(C)Nc1c(-c2ccccc2)ccn1C(c1ccccc1)c1ccccc1. The van der Waals surface area contributed by atoms with Gasteiger partial charge in [0, 0.05) is 17.3 Å². The minimum atomic E-state index is -0.0580. The molecular weight excluding hydrogens is 352 g/mol. The molecule has 3 aromatic carbocycles. The Hall–Kier alpha value is -3.26. The van der Waals surface area contributed by atoms with E-state index < -0.39 is 0 Å². The van der Waals surface area contributed by atoms with Crippen molar-refractivity contribution in [3.63, 3.8) is 0 Å². The average Bonchev–Trinajstić information content (AvgIpc) is 3.12. The summed E-state index contributed by atoms with van der Waals surface area (Å²) in [4.78, 5) is 0. The number of hydrogen-bond acceptors (Lipinski definition) is 1. The summed E-state index contributed by atoms with van der Waals surface area (Å²) < 4.78 is 2.37. The van der Waals surface area contributed by atoms with Crippen molar-refractivity contribution in [2.45, 2.75) is 32.4 Å². The molecule has 1 N–H and O–H groups in total. The van der Waals surface area contributed by atoms with E-state index in [1.54, 1.807) is 0 Å². The van der Waals surface area contributed by atoms with Crippen molar-refractivity contribution in [2.24, 2.45) is 0 Å². The molecule has 0 spiro atoms. The first kappa shape index (κ1) is 19.1. The predicted octanol–water partition coefficient (Wildman–Crippen LogP) is 7.00. The van der Waals surface area contributed by atoms with Crippen LogP contribution in [0.5, 0.6) is 0 Å². The molecular formula is C27H28N2. The van der Waals surface area contributed by atoms with Gasteiger partial charge < -0.3 is 9.88 Å². The summed E-state index contributed by atoms with van der Waals surface area (Å²) in [6.07, 6.45) is 2.21. The summed E-state index contributed by atoms with van der Waals surface area (Å²) in [6, 6.07) is 34.4. The van der Waals surface area contributed by atoms with Gasteiger partial charge in [0.15, 0.2) is 0 Å². The molecule has 0 fully saturated rings. The monoisotopic (exact) mass is 380 g/mol. The zero-order valence-electron chi connectivity index (χ0n) is 17.3. The molecule has 2 heteroatoms. The molecule has 0 unspecified atom stereocenters. The van der Waals surface area contributed by atoms with Gasteiger partial charge in [0.05, 0.1) is 6.04 Å². The maximum atomic E-state index is 3.78. The highest BCUT2D eigenvalue weighted by atomic mass is 15.2. The summed E-state index contributed by atoms with van der Waals surface area (Å²) in [5, 5.41) is 3.78. The number of anilines is 1. The van der Waals surface area contributed by atoms with Gasteiger partial charge in [-0.3, -0.25) is 0 Å². The van der Waals surface area contributed by atoms with Crippen LogP contribution in [0.3, 0.4) is 0 Å². The highest BCUT2D eigenvalue weighted by molar-refractivity contribution is 5.77. The van der Waals surface area contributed by atoms with E-state index in [0.29, 0.717) is 0 Å². The maximum absolute atomic E-state index is 3.78. The molecule has 4 rings (SSSR count). The van der Waals surface area contributed by atoms with E-state index in [0.717, 1.165) is 5.82 Å². The fourth-order valence-corrected chi connectivity index (χ4v) is 3.78. The van der Waals surface area contributed by atoms with Gasteiger partial charge in [0.1, 0.15) is 5.82 Å². The van der Waals surface area contributed by atoms with E-state index in [-0.39, 0.29) is 11.6 Å². The lowest BCUT2D eigenvalue weighted by molar-refractivity contribution is 0.607. The molecule has 0 atom stereocenters. The highest BCUT2D eigenvalue weighted by Gasteiger charge is 2.23. The number of aromatic nitrogens is 1. The Kier molecular flexibility index (Phi) is 5.26. The summed E-state index contributed by atoms with van der Waals surface area (Å²) in [7, 11) is 0. The van der Waals surface area contributed by atoms with Crippen LogP contribution in [-0.2, 0) is 0 Å². The lowest BCUT2D eigenvalue weighted by Crippen LogP contribution is -2.29. The summed E-state index contributed by atoms with van der Waals surface area (Å²) in [5.74, 6) is 1.14. The van der Waals surface area contributed by atoms with Crippen LogP contribution < -0.4 is 5.32 Å². The number of nitrogens with zero attached hydrogens (tertiary/aromatic N) is 1. The zero-order chi connectivity index (χ0) is 20.3. The number of nitrogens with one attached hydrogen (secondary N) is 1. The third-order valence-electron chi connectivity index (χ3n) is 5.00. The summed E-state index contributed by atoms with van der Waals surface area (Å²) >= 11 is 0. The summed E-state index contributed by atoms with van der Waals surface area (Å²) in [5.41, 5.74) is 4.92. The van der Waals surface area contributed by atoms with Gasteiger partial charge in [-0.2, -0.15) is 0 Å². The molecule has 0 saturated heterocycles. The number of hydrogen-bond donors (Lipinski definition) is 1. The smallest absolute Gasteiger partial charge is 0.115 e. The standard InChI is InChI=1S/C27H28N2/c1-27(2,3)28-26-24(21-13-7-4-8-14-21)19-20-29(26)25(22-15-9-5-10-16-22)23-17-11-6-12-18-23/h4-20,25,28H,1-3H3. The number of rotatable bonds is 5. The van der Waals surface area contributed by atoms with Crippen molar-refractivity contribution in [1.29, 1.82) is 0 Å². The van der Waals surface area contributed by atoms with Crippen LogP contribution in [0.25, 0.3) is 11.1 Å². The van der Waals surface area contributed by atoms with Crippen LogP contribution >= 0.6 is 0 Å². The molecule has 0 amide bonds. The molecule has 1 heterocycles. The molecule has 1 aromatic heterocycles. The van der Waals surface area contributed by atoms with E-state index in [9.17, 15) is 0 Å². The van der Waals surface area contributed by atoms with Crippen molar-refractivity contribution in [3.8, 4) is 11.1 Å². The van der Waals surface area contributed by atoms with Crippen molar-refractivity contribution < 1.29 is 0 Å². The molecule has 0 aliphatic rings. The Morgan fingerprint density at radius 1 is 0.655 bits per heavy atom. The molecule has 0 aliphatic heterocycles. The Bertz CT molecular complexity index is 1000. The molecule has 4 aromatic rings. The first-order chi connectivity index (χ1) is 14.0. The van der Waals surface area contributed by atoms with Gasteiger partial charge in [-0.1, -0.05) is 91.0 Å². The van der Waals surface area contributed by atoms with Gasteiger partial charge in [-0.15, -0.1) is 0 Å². The van der Waals surface area contributed by atoms with Gasteiger partial charge in [-0.25, -0.2) is 0 Å². The van der Waals surface area contributed by atoms with Crippen molar-refractivity contribution >= 4 is 5.82 Å². The normalized spacial score (nSPS) is 11.6. The van der Waals surface area contributed by atoms with Crippen molar-refractivity contribution in [2.75, 3.05) is 5.32 Å². The van der Waals surface area contributed by atoms with Crippen LogP contribution in [0.15, 0.2) is 103 Å². The maximum Gasteiger partial charge on any atom is 0.115 e. The Morgan fingerprint density at radius 2 is 1.14 bits per heavy atom. The van der Waals surface area contributed by atoms with Gasteiger partial charge in [-0.05, 0) is 43.5 Å². The van der Waals surface area contributed by atoms with Crippen LogP contribution in [0.1, 0.15) is 37.9 Å². The second-order valence-electron chi connectivity index (χ2n) is 8.45. The van der Waals surface area contributed by atoms with Gasteiger partial charge in [0.2, 0.25) is 0 Å². The third kappa shape index (κ3) is 4.27. The predicted molar refractivity (Wildman–Crippen MR) is 123 cm³/mol. The average molecular weight is 381 g/mol. The largest absolute Gasteiger partial charge is 0.366 e. The topological polar surface area (TPSA) is 17.0 Å². The molecule has 0 saturated carbocycles. The minimum Gasteiger partial charge on any atom is -0.366 e. The lowest BCUT2D eigenvalue weighted by atomic mass is 9.98. The van der Waals surface area contributed by atoms with Crippen LogP contribution in [0.4, 0.5) is 5.82 Å². The van der Waals surface area contributed by atoms with Gasteiger partial charge >= 0.3 is 0 Å².